The number of hydrogen-bond donors (Lipinski definition) is 2. The lowest BCUT2D eigenvalue weighted by Crippen LogP contribution is -2.36. The lowest BCUT2D eigenvalue weighted by atomic mass is 9.99. The summed E-state index contributed by atoms with van der Waals surface area (Å²) < 4.78 is 43.5. The van der Waals surface area contributed by atoms with E-state index in [1.165, 1.54) is 12.1 Å². The second-order valence-corrected chi connectivity index (χ2v) is 6.39. The number of halogens is 3. The van der Waals surface area contributed by atoms with E-state index in [0.29, 0.717) is 29.7 Å². The third kappa shape index (κ3) is 6.86. The summed E-state index contributed by atoms with van der Waals surface area (Å²) in [4.78, 5) is 4.08. The smallest absolute Gasteiger partial charge is 0.359 e. The molecule has 2 aromatic rings. The van der Waals surface area contributed by atoms with Crippen LogP contribution in [0.25, 0.3) is 0 Å². The normalized spacial score (nSPS) is 11.9. The first kappa shape index (κ1) is 22.3. The highest BCUT2D eigenvalue weighted by Crippen LogP contribution is 2.29. The van der Waals surface area contributed by atoms with E-state index in [2.05, 4.69) is 46.5 Å². The van der Waals surface area contributed by atoms with Gasteiger partial charge in [-0.3, -0.25) is 4.99 Å². The van der Waals surface area contributed by atoms with E-state index in [1.807, 2.05) is 6.07 Å². The lowest BCUT2D eigenvalue weighted by Gasteiger charge is -2.08. The molecule has 0 unspecified atom stereocenters. The monoisotopic (exact) mass is 406 g/mol. The Labute approximate surface area is 168 Å². The first-order valence-corrected chi connectivity index (χ1v) is 9.43. The molecule has 0 aliphatic carbocycles. The first-order valence-electron chi connectivity index (χ1n) is 9.43. The fourth-order valence-corrected chi connectivity index (χ4v) is 2.75. The highest BCUT2D eigenvalue weighted by atomic mass is 19.4. The van der Waals surface area contributed by atoms with Gasteiger partial charge in [0.15, 0.2) is 11.7 Å². The van der Waals surface area contributed by atoms with Crippen LogP contribution < -0.4 is 10.6 Å². The molecule has 156 valence electrons. The average molecular weight is 406 g/mol. The number of aromatic nitrogens is 1. The molecule has 0 aliphatic rings. The molecule has 0 fully saturated rings. The van der Waals surface area contributed by atoms with Gasteiger partial charge in [-0.2, -0.15) is 13.2 Å². The molecule has 0 spiro atoms. The van der Waals surface area contributed by atoms with Gasteiger partial charge < -0.3 is 15.2 Å². The molecule has 2 N–H and O–H groups in total. The summed E-state index contributed by atoms with van der Waals surface area (Å²) in [5.74, 6) is 7.10. The highest BCUT2D eigenvalue weighted by molar-refractivity contribution is 5.79. The summed E-state index contributed by atoms with van der Waals surface area (Å²) in [7, 11) is 1.62. The molecule has 0 atom stereocenters. The molecule has 1 aromatic carbocycles. The Balaban J connectivity index is 1.86. The number of nitrogens with zero attached hydrogens (tertiary/aromatic N) is 2. The van der Waals surface area contributed by atoms with E-state index in [-0.39, 0.29) is 6.54 Å². The van der Waals surface area contributed by atoms with Gasteiger partial charge in [-0.25, -0.2) is 0 Å². The van der Waals surface area contributed by atoms with Crippen LogP contribution in [0.3, 0.4) is 0 Å². The van der Waals surface area contributed by atoms with Crippen molar-refractivity contribution in [3.05, 3.63) is 52.9 Å². The molecule has 0 saturated heterocycles. The zero-order valence-electron chi connectivity index (χ0n) is 16.7. The van der Waals surface area contributed by atoms with Crippen LogP contribution in [-0.4, -0.2) is 24.7 Å². The van der Waals surface area contributed by atoms with Crippen LogP contribution in [0, 0.1) is 11.8 Å². The summed E-state index contributed by atoms with van der Waals surface area (Å²) in [6, 6.07) is 6.87. The standard InChI is InChI=1S/C21H25F3N4O/c1-4-16(5-2)19-13-18(29-28-19)14-27-20(25-3)26-11-7-9-15-8-6-10-17(12-15)21(22,23)24/h6,8,10,12-13,16H,4-5,11,14H2,1-3H3,(H2,25,26,27). The van der Waals surface area contributed by atoms with Gasteiger partial charge in [0, 0.05) is 24.6 Å². The summed E-state index contributed by atoms with van der Waals surface area (Å²) in [5.41, 5.74) is 0.538. The molecule has 1 aromatic heterocycles. The molecule has 1 heterocycles. The van der Waals surface area contributed by atoms with Crippen molar-refractivity contribution in [2.45, 2.75) is 45.3 Å². The number of aliphatic imine (C=N–C) groups is 1. The summed E-state index contributed by atoms with van der Waals surface area (Å²) in [5, 5.41) is 10.2. The van der Waals surface area contributed by atoms with Crippen molar-refractivity contribution in [1.29, 1.82) is 0 Å². The molecular formula is C21H25F3N4O. The van der Waals surface area contributed by atoms with Crippen LogP contribution in [0.2, 0.25) is 0 Å². The van der Waals surface area contributed by atoms with E-state index in [4.69, 9.17) is 4.52 Å². The molecule has 0 radical (unpaired) electrons. The number of benzene rings is 1. The number of nitrogens with one attached hydrogen (secondary N) is 2. The minimum absolute atomic E-state index is 0.227. The fourth-order valence-electron chi connectivity index (χ4n) is 2.75. The Morgan fingerprint density at radius 1 is 1.21 bits per heavy atom. The van der Waals surface area contributed by atoms with E-state index in [0.717, 1.165) is 30.7 Å². The number of alkyl halides is 3. The minimum Gasteiger partial charge on any atom is -0.359 e. The maximum absolute atomic E-state index is 12.7. The van der Waals surface area contributed by atoms with E-state index < -0.39 is 11.7 Å². The van der Waals surface area contributed by atoms with Gasteiger partial charge in [-0.1, -0.05) is 36.9 Å². The Kier molecular flexibility index (Phi) is 8.13. The molecule has 5 nitrogen and oxygen atoms in total. The third-order valence-electron chi connectivity index (χ3n) is 4.40. The SMILES string of the molecule is CCC(CC)c1cc(CNC(=NC)NCC#Cc2cccc(C(F)(F)F)c2)on1. The molecule has 29 heavy (non-hydrogen) atoms. The third-order valence-corrected chi connectivity index (χ3v) is 4.40. The average Bonchev–Trinajstić information content (AvgIpc) is 3.17. The van der Waals surface area contributed by atoms with Crippen molar-refractivity contribution in [3.8, 4) is 11.8 Å². The quantitative estimate of drug-likeness (QED) is 0.426. The molecule has 8 heteroatoms. The van der Waals surface area contributed by atoms with E-state index in [9.17, 15) is 13.2 Å². The molecule has 0 aliphatic heterocycles. The van der Waals surface area contributed by atoms with Crippen molar-refractivity contribution >= 4 is 5.96 Å². The van der Waals surface area contributed by atoms with E-state index >= 15 is 0 Å². The van der Waals surface area contributed by atoms with Crippen LogP contribution in [0.15, 0.2) is 39.8 Å². The van der Waals surface area contributed by atoms with E-state index in [1.54, 1.807) is 7.05 Å². The Morgan fingerprint density at radius 2 is 1.97 bits per heavy atom. The zero-order chi connectivity index (χ0) is 21.3. The van der Waals surface area contributed by atoms with Gasteiger partial charge in [0.1, 0.15) is 0 Å². The summed E-state index contributed by atoms with van der Waals surface area (Å²) in [6.45, 7) is 4.87. The molecule has 0 saturated carbocycles. The molecular weight excluding hydrogens is 381 g/mol. The van der Waals surface area contributed by atoms with Gasteiger partial charge >= 0.3 is 6.18 Å². The van der Waals surface area contributed by atoms with Crippen LogP contribution >= 0.6 is 0 Å². The lowest BCUT2D eigenvalue weighted by molar-refractivity contribution is -0.137. The zero-order valence-corrected chi connectivity index (χ0v) is 16.7. The van der Waals surface area contributed by atoms with Gasteiger partial charge in [0.25, 0.3) is 0 Å². The minimum atomic E-state index is -4.38. The second kappa shape index (κ2) is 10.6. The number of rotatable bonds is 6. The number of hydrogen-bond acceptors (Lipinski definition) is 3. The van der Waals surface area contributed by atoms with Crippen LogP contribution in [0.5, 0.6) is 0 Å². The van der Waals surface area contributed by atoms with Gasteiger partial charge in [-0.15, -0.1) is 0 Å². The molecule has 2 rings (SSSR count). The Bertz CT molecular complexity index is 874. The highest BCUT2D eigenvalue weighted by Gasteiger charge is 2.30. The maximum Gasteiger partial charge on any atom is 0.416 e. The van der Waals surface area contributed by atoms with Crippen LogP contribution in [0.4, 0.5) is 13.2 Å². The fraction of sp³-hybridized carbons (Fsp3) is 0.429. The van der Waals surface area contributed by atoms with Crippen molar-refractivity contribution in [2.75, 3.05) is 13.6 Å². The van der Waals surface area contributed by atoms with Crippen molar-refractivity contribution in [1.82, 2.24) is 15.8 Å². The van der Waals surface area contributed by atoms with Crippen LogP contribution in [0.1, 0.15) is 55.2 Å². The van der Waals surface area contributed by atoms with Gasteiger partial charge in [0.05, 0.1) is 24.3 Å². The van der Waals surface area contributed by atoms with Crippen molar-refractivity contribution < 1.29 is 17.7 Å². The maximum atomic E-state index is 12.7. The van der Waals surface area contributed by atoms with Crippen molar-refractivity contribution in [3.63, 3.8) is 0 Å². The van der Waals surface area contributed by atoms with Crippen molar-refractivity contribution in [2.24, 2.45) is 4.99 Å². The van der Waals surface area contributed by atoms with Crippen LogP contribution in [-0.2, 0) is 12.7 Å². The second-order valence-electron chi connectivity index (χ2n) is 6.39. The number of guanidine groups is 1. The summed E-state index contributed by atoms with van der Waals surface area (Å²) in [6.07, 6.45) is -2.37. The van der Waals surface area contributed by atoms with Gasteiger partial charge in [0.2, 0.25) is 0 Å². The first-order chi connectivity index (χ1) is 13.9. The predicted octanol–water partition coefficient (Wildman–Crippen LogP) is 4.31. The van der Waals surface area contributed by atoms with Gasteiger partial charge in [-0.05, 0) is 31.0 Å². The Morgan fingerprint density at radius 3 is 2.62 bits per heavy atom. The largest absolute Gasteiger partial charge is 0.416 e. The Hall–Kier alpha value is -2.95. The summed E-state index contributed by atoms with van der Waals surface area (Å²) >= 11 is 0. The molecule has 0 bridgehead atoms. The topological polar surface area (TPSA) is 62.5 Å². The molecule has 0 amide bonds. The predicted molar refractivity (Wildman–Crippen MR) is 106 cm³/mol.